The van der Waals surface area contributed by atoms with Crippen molar-refractivity contribution in [2.75, 3.05) is 12.4 Å². The highest BCUT2D eigenvalue weighted by Gasteiger charge is 2.10. The van der Waals surface area contributed by atoms with Gasteiger partial charge in [-0.2, -0.15) is 0 Å². The molecule has 0 bridgehead atoms. The average Bonchev–Trinajstić information content (AvgIpc) is 3.25. The summed E-state index contributed by atoms with van der Waals surface area (Å²) in [5.74, 6) is -0.592. The van der Waals surface area contributed by atoms with Crippen LogP contribution in [0.5, 0.6) is 0 Å². The second kappa shape index (κ2) is 8.27. The van der Waals surface area contributed by atoms with Crippen molar-refractivity contribution in [2.24, 2.45) is 0 Å². The second-order valence-corrected chi connectivity index (χ2v) is 8.04. The number of hydrogen-bond donors (Lipinski definition) is 1. The number of esters is 1. The Hall–Kier alpha value is -1.90. The molecule has 0 saturated carbocycles. The Morgan fingerprint density at radius 3 is 2.88 bits per heavy atom. The molecule has 0 aliphatic heterocycles. The van der Waals surface area contributed by atoms with Gasteiger partial charge < -0.3 is 10.1 Å². The Balaban J connectivity index is 1.38. The van der Waals surface area contributed by atoms with E-state index in [9.17, 15) is 9.59 Å². The first kappa shape index (κ1) is 16.9. The predicted octanol–water partition coefficient (Wildman–Crippen LogP) is 3.31. The Kier molecular flexibility index (Phi) is 5.84. The molecule has 3 aromatic rings. The van der Waals surface area contributed by atoms with Crippen LogP contribution in [0.25, 0.3) is 10.2 Å². The zero-order valence-electron chi connectivity index (χ0n) is 12.6. The van der Waals surface area contributed by atoms with Crippen LogP contribution < -0.4 is 5.32 Å². The zero-order valence-corrected chi connectivity index (χ0v) is 15.0. The lowest BCUT2D eigenvalue weighted by Crippen LogP contribution is -2.28. The molecule has 24 heavy (non-hydrogen) atoms. The number of fused-ring (bicyclic) bond motifs is 1. The van der Waals surface area contributed by atoms with Gasteiger partial charge in [-0.3, -0.25) is 9.59 Å². The molecular formula is C16H14N2O3S3. The van der Waals surface area contributed by atoms with Crippen molar-refractivity contribution in [3.63, 3.8) is 0 Å². The Bertz CT molecular complexity index is 797. The van der Waals surface area contributed by atoms with Crippen LogP contribution >= 0.6 is 34.4 Å². The number of hydrogen-bond acceptors (Lipinski definition) is 7. The number of para-hydroxylation sites is 1. The summed E-state index contributed by atoms with van der Waals surface area (Å²) in [6.45, 7) is 0.194. The van der Waals surface area contributed by atoms with E-state index in [-0.39, 0.29) is 18.3 Å². The summed E-state index contributed by atoms with van der Waals surface area (Å²) >= 11 is 4.42. The topological polar surface area (TPSA) is 68.3 Å². The van der Waals surface area contributed by atoms with Crippen LogP contribution in [0.1, 0.15) is 4.88 Å². The van der Waals surface area contributed by atoms with Crippen LogP contribution in [0.4, 0.5) is 0 Å². The van der Waals surface area contributed by atoms with Gasteiger partial charge in [-0.05, 0) is 23.6 Å². The molecule has 0 saturated heterocycles. The number of nitrogens with one attached hydrogen (secondary N) is 1. The van der Waals surface area contributed by atoms with Crippen LogP contribution in [0.15, 0.2) is 46.1 Å². The number of thioether (sulfide) groups is 1. The fourth-order valence-corrected chi connectivity index (χ4v) is 4.38. The minimum atomic E-state index is -0.425. The van der Waals surface area contributed by atoms with Crippen LogP contribution in [0, 0.1) is 0 Å². The minimum absolute atomic E-state index is 0.137. The standard InChI is InChI=1S/C16H14N2O3S3/c19-14(17-8-11-4-3-7-22-11)9-21-15(20)10-23-16-18-12-5-1-2-6-13(12)24-16/h1-7H,8-10H2,(H,17,19). The first-order valence-electron chi connectivity index (χ1n) is 7.14. The summed E-state index contributed by atoms with van der Waals surface area (Å²) in [5, 5.41) is 4.65. The lowest BCUT2D eigenvalue weighted by molar-refractivity contribution is -0.145. The van der Waals surface area contributed by atoms with E-state index >= 15 is 0 Å². The highest BCUT2D eigenvalue weighted by molar-refractivity contribution is 8.01. The third-order valence-corrected chi connectivity index (χ3v) is 6.02. The number of amides is 1. The number of rotatable bonds is 7. The van der Waals surface area contributed by atoms with E-state index in [0.717, 1.165) is 19.4 Å². The Morgan fingerprint density at radius 1 is 1.21 bits per heavy atom. The van der Waals surface area contributed by atoms with Gasteiger partial charge in [0.2, 0.25) is 0 Å². The quantitative estimate of drug-likeness (QED) is 0.505. The number of ether oxygens (including phenoxy) is 1. The maximum atomic E-state index is 11.7. The van der Waals surface area contributed by atoms with E-state index in [4.69, 9.17) is 4.74 Å². The number of carbonyl (C=O) groups excluding carboxylic acids is 2. The number of nitrogens with zero attached hydrogens (tertiary/aromatic N) is 1. The first-order chi connectivity index (χ1) is 11.7. The summed E-state index contributed by atoms with van der Waals surface area (Å²) in [5.41, 5.74) is 0.923. The molecule has 5 nitrogen and oxygen atoms in total. The minimum Gasteiger partial charge on any atom is -0.455 e. The van der Waals surface area contributed by atoms with Crippen molar-refractivity contribution in [1.82, 2.24) is 10.3 Å². The highest BCUT2D eigenvalue weighted by atomic mass is 32.2. The maximum Gasteiger partial charge on any atom is 0.316 e. The van der Waals surface area contributed by atoms with Crippen molar-refractivity contribution >= 4 is 56.5 Å². The molecule has 1 N–H and O–H groups in total. The largest absolute Gasteiger partial charge is 0.455 e. The third kappa shape index (κ3) is 4.80. The number of thiophene rings is 1. The van der Waals surface area contributed by atoms with E-state index in [1.165, 1.54) is 23.1 Å². The van der Waals surface area contributed by atoms with Crippen molar-refractivity contribution in [2.45, 2.75) is 10.9 Å². The van der Waals surface area contributed by atoms with Gasteiger partial charge in [-0.1, -0.05) is 30.0 Å². The number of carbonyl (C=O) groups is 2. The summed E-state index contributed by atoms with van der Waals surface area (Å²) in [7, 11) is 0. The lowest BCUT2D eigenvalue weighted by Gasteiger charge is -2.05. The van der Waals surface area contributed by atoms with Gasteiger partial charge in [0.25, 0.3) is 5.91 Å². The molecule has 3 rings (SSSR count). The van der Waals surface area contributed by atoms with Crippen LogP contribution in [0.2, 0.25) is 0 Å². The first-order valence-corrected chi connectivity index (χ1v) is 9.82. The summed E-state index contributed by atoms with van der Waals surface area (Å²) < 4.78 is 6.88. The molecule has 0 aliphatic rings. The average molecular weight is 379 g/mol. The second-order valence-electron chi connectivity index (χ2n) is 4.75. The summed E-state index contributed by atoms with van der Waals surface area (Å²) in [6, 6.07) is 11.7. The van der Waals surface area contributed by atoms with E-state index in [0.29, 0.717) is 6.54 Å². The molecule has 0 radical (unpaired) electrons. The van der Waals surface area contributed by atoms with Crippen LogP contribution in [0.3, 0.4) is 0 Å². The Morgan fingerprint density at radius 2 is 2.08 bits per heavy atom. The highest BCUT2D eigenvalue weighted by Crippen LogP contribution is 2.29. The fraction of sp³-hybridized carbons (Fsp3) is 0.188. The van der Waals surface area contributed by atoms with E-state index < -0.39 is 5.97 Å². The SMILES string of the molecule is O=C(COC(=O)CSc1nc2ccccc2s1)NCc1cccs1. The monoisotopic (exact) mass is 378 g/mol. The molecule has 0 unspecified atom stereocenters. The van der Waals surface area contributed by atoms with E-state index in [1.54, 1.807) is 11.3 Å². The zero-order chi connectivity index (χ0) is 16.8. The molecular weight excluding hydrogens is 364 g/mol. The van der Waals surface area contributed by atoms with Gasteiger partial charge in [-0.15, -0.1) is 22.7 Å². The van der Waals surface area contributed by atoms with Crippen molar-refractivity contribution in [1.29, 1.82) is 0 Å². The fourth-order valence-electron chi connectivity index (χ4n) is 1.87. The van der Waals surface area contributed by atoms with Gasteiger partial charge in [0, 0.05) is 4.88 Å². The number of aromatic nitrogens is 1. The summed E-state index contributed by atoms with van der Waals surface area (Å²) in [6.07, 6.45) is 0. The molecule has 0 fully saturated rings. The summed E-state index contributed by atoms with van der Waals surface area (Å²) in [4.78, 5) is 28.8. The molecule has 0 atom stereocenters. The van der Waals surface area contributed by atoms with Crippen molar-refractivity contribution in [3.8, 4) is 0 Å². The molecule has 2 aromatic heterocycles. The molecule has 1 aromatic carbocycles. The molecule has 2 heterocycles. The normalized spacial score (nSPS) is 10.7. The van der Waals surface area contributed by atoms with Gasteiger partial charge in [0.1, 0.15) is 0 Å². The molecule has 0 spiro atoms. The number of benzene rings is 1. The number of thiazole rings is 1. The lowest BCUT2D eigenvalue weighted by atomic mass is 10.3. The Labute approximate surface area is 151 Å². The van der Waals surface area contributed by atoms with Gasteiger partial charge in [-0.25, -0.2) is 4.98 Å². The van der Waals surface area contributed by atoms with Crippen molar-refractivity contribution in [3.05, 3.63) is 46.7 Å². The molecule has 1 amide bonds. The van der Waals surface area contributed by atoms with E-state index in [2.05, 4.69) is 10.3 Å². The van der Waals surface area contributed by atoms with Gasteiger partial charge in [0.05, 0.1) is 22.5 Å². The third-order valence-electron chi connectivity index (χ3n) is 2.99. The maximum absolute atomic E-state index is 11.7. The van der Waals surface area contributed by atoms with Crippen molar-refractivity contribution < 1.29 is 14.3 Å². The van der Waals surface area contributed by atoms with E-state index in [1.807, 2.05) is 41.8 Å². The molecule has 124 valence electrons. The smallest absolute Gasteiger partial charge is 0.316 e. The van der Waals surface area contributed by atoms with Crippen LogP contribution in [-0.2, 0) is 20.9 Å². The molecule has 8 heteroatoms. The van der Waals surface area contributed by atoms with Crippen LogP contribution in [-0.4, -0.2) is 29.2 Å². The predicted molar refractivity (Wildman–Crippen MR) is 97.5 cm³/mol. The van der Waals surface area contributed by atoms with Gasteiger partial charge in [0.15, 0.2) is 10.9 Å². The molecule has 0 aliphatic carbocycles. The van der Waals surface area contributed by atoms with Gasteiger partial charge >= 0.3 is 5.97 Å².